The first-order valence-corrected chi connectivity index (χ1v) is 6.99. The van der Waals surface area contributed by atoms with Crippen LogP contribution in [-0.2, 0) is 9.53 Å². The summed E-state index contributed by atoms with van der Waals surface area (Å²) in [7, 11) is 3.37. The molecule has 6 nitrogen and oxygen atoms in total. The smallest absolute Gasteiger partial charge is 0.253 e. The average molecular weight is 291 g/mol. The van der Waals surface area contributed by atoms with Crippen molar-refractivity contribution in [1.29, 1.82) is 0 Å². The van der Waals surface area contributed by atoms with E-state index in [0.717, 1.165) is 6.42 Å². The number of anilines is 1. The minimum Gasteiger partial charge on any atom is -0.364 e. The number of ether oxygens (including phenoxy) is 1. The van der Waals surface area contributed by atoms with Crippen molar-refractivity contribution in [2.75, 3.05) is 26.0 Å². The van der Waals surface area contributed by atoms with E-state index in [1.54, 1.807) is 38.4 Å². The van der Waals surface area contributed by atoms with Crippen LogP contribution in [-0.4, -0.2) is 49.6 Å². The molecule has 1 heterocycles. The van der Waals surface area contributed by atoms with Crippen molar-refractivity contribution in [3.63, 3.8) is 0 Å². The molecule has 0 aliphatic carbocycles. The second kappa shape index (κ2) is 6.69. The van der Waals surface area contributed by atoms with Crippen molar-refractivity contribution >= 4 is 17.5 Å². The van der Waals surface area contributed by atoms with E-state index in [1.165, 1.54) is 4.90 Å². The molecule has 0 spiro atoms. The first-order chi connectivity index (χ1) is 10.0. The monoisotopic (exact) mass is 291 g/mol. The largest absolute Gasteiger partial charge is 0.364 e. The predicted molar refractivity (Wildman–Crippen MR) is 80.0 cm³/mol. The Morgan fingerprint density at radius 3 is 2.76 bits per heavy atom. The van der Waals surface area contributed by atoms with E-state index in [2.05, 4.69) is 5.32 Å². The van der Waals surface area contributed by atoms with E-state index >= 15 is 0 Å². The summed E-state index contributed by atoms with van der Waals surface area (Å²) >= 11 is 0. The first-order valence-electron chi connectivity index (χ1n) is 6.99. The Bertz CT molecular complexity index is 531. The van der Waals surface area contributed by atoms with Gasteiger partial charge in [-0.3, -0.25) is 9.59 Å². The molecule has 21 heavy (non-hydrogen) atoms. The molecule has 0 bridgehead atoms. The minimum atomic E-state index is -0.466. The highest BCUT2D eigenvalue weighted by Crippen LogP contribution is 2.21. The first kappa shape index (κ1) is 15.5. The van der Waals surface area contributed by atoms with Crippen molar-refractivity contribution in [3.8, 4) is 0 Å². The van der Waals surface area contributed by atoms with Gasteiger partial charge in [-0.1, -0.05) is 6.07 Å². The average Bonchev–Trinajstić information content (AvgIpc) is 2.95. The summed E-state index contributed by atoms with van der Waals surface area (Å²) in [5.41, 5.74) is 6.65. The fraction of sp³-hybridized carbons (Fsp3) is 0.467. The molecule has 2 amide bonds. The van der Waals surface area contributed by atoms with Crippen molar-refractivity contribution in [2.24, 2.45) is 5.73 Å². The summed E-state index contributed by atoms with van der Waals surface area (Å²) in [6.07, 6.45) is 0.965. The van der Waals surface area contributed by atoms with E-state index < -0.39 is 6.10 Å². The highest BCUT2D eigenvalue weighted by atomic mass is 16.5. The Morgan fingerprint density at radius 1 is 1.38 bits per heavy atom. The van der Waals surface area contributed by atoms with E-state index in [-0.39, 0.29) is 17.9 Å². The van der Waals surface area contributed by atoms with Gasteiger partial charge in [0.05, 0.1) is 6.10 Å². The number of nitrogens with two attached hydrogens (primary N) is 1. The summed E-state index contributed by atoms with van der Waals surface area (Å²) in [5, 5.41) is 2.79. The molecule has 0 saturated carbocycles. The molecule has 114 valence electrons. The molecule has 6 heteroatoms. The summed E-state index contributed by atoms with van der Waals surface area (Å²) in [4.78, 5) is 25.5. The third kappa shape index (κ3) is 3.80. The van der Waals surface area contributed by atoms with Crippen molar-refractivity contribution in [2.45, 2.75) is 25.0 Å². The molecule has 1 aliphatic rings. The maximum Gasteiger partial charge on any atom is 0.253 e. The molecular formula is C15H21N3O3. The van der Waals surface area contributed by atoms with Gasteiger partial charge < -0.3 is 20.7 Å². The van der Waals surface area contributed by atoms with Gasteiger partial charge in [-0.2, -0.15) is 0 Å². The van der Waals surface area contributed by atoms with Crippen LogP contribution in [0.15, 0.2) is 24.3 Å². The number of benzene rings is 1. The third-order valence-electron chi connectivity index (χ3n) is 3.45. The Kier molecular flexibility index (Phi) is 4.93. The van der Waals surface area contributed by atoms with E-state index in [0.29, 0.717) is 24.2 Å². The normalized spacial score (nSPS) is 21.1. The third-order valence-corrected chi connectivity index (χ3v) is 3.45. The van der Waals surface area contributed by atoms with Gasteiger partial charge in [-0.05, 0) is 31.0 Å². The van der Waals surface area contributed by atoms with E-state index in [4.69, 9.17) is 10.5 Å². The summed E-state index contributed by atoms with van der Waals surface area (Å²) < 4.78 is 5.55. The zero-order valence-electron chi connectivity index (χ0n) is 12.3. The molecule has 3 N–H and O–H groups in total. The highest BCUT2D eigenvalue weighted by molar-refractivity contribution is 5.98. The van der Waals surface area contributed by atoms with Crippen LogP contribution in [0, 0.1) is 0 Å². The number of nitrogens with one attached hydrogen (secondary N) is 1. The van der Waals surface area contributed by atoms with Gasteiger partial charge in [-0.15, -0.1) is 0 Å². The number of rotatable bonds is 4. The van der Waals surface area contributed by atoms with Crippen molar-refractivity contribution < 1.29 is 14.3 Å². The lowest BCUT2D eigenvalue weighted by atomic mass is 10.1. The van der Waals surface area contributed by atoms with Crippen LogP contribution in [0.3, 0.4) is 0 Å². The zero-order chi connectivity index (χ0) is 15.4. The standard InChI is InChI=1S/C15H21N3O3/c1-18(2)15(20)10-4-3-5-11(8-10)17-14(19)13-7-6-12(9-16)21-13/h3-5,8,12-13H,6-7,9,16H2,1-2H3,(H,17,19)/t12-,13+/m1/s1. The minimum absolute atomic E-state index is 0.0394. The van der Waals surface area contributed by atoms with Gasteiger partial charge in [0.1, 0.15) is 6.10 Å². The molecular weight excluding hydrogens is 270 g/mol. The number of hydrogen-bond donors (Lipinski definition) is 2. The van der Waals surface area contributed by atoms with Crippen molar-refractivity contribution in [1.82, 2.24) is 4.90 Å². The summed E-state index contributed by atoms with van der Waals surface area (Å²) in [5.74, 6) is -0.299. The Balaban J connectivity index is 2.01. The SMILES string of the molecule is CN(C)C(=O)c1cccc(NC(=O)[C@@H]2CC[C@H](CN)O2)c1. The molecule has 0 unspecified atom stereocenters. The van der Waals surface area contributed by atoms with Crippen LogP contribution >= 0.6 is 0 Å². The van der Waals surface area contributed by atoms with Crippen LogP contribution in [0.25, 0.3) is 0 Å². The van der Waals surface area contributed by atoms with Crippen molar-refractivity contribution in [3.05, 3.63) is 29.8 Å². The Hall–Kier alpha value is -1.92. The lowest BCUT2D eigenvalue weighted by Crippen LogP contribution is -2.30. The maximum absolute atomic E-state index is 12.1. The summed E-state index contributed by atoms with van der Waals surface area (Å²) in [6, 6.07) is 6.87. The Morgan fingerprint density at radius 2 is 2.14 bits per heavy atom. The van der Waals surface area contributed by atoms with Gasteiger partial charge in [0.15, 0.2) is 0 Å². The quantitative estimate of drug-likeness (QED) is 0.860. The fourth-order valence-electron chi connectivity index (χ4n) is 2.28. The van der Waals surface area contributed by atoms with Gasteiger partial charge in [0.25, 0.3) is 11.8 Å². The molecule has 2 rings (SSSR count). The van der Waals surface area contributed by atoms with Crippen LogP contribution in [0.5, 0.6) is 0 Å². The Labute approximate surface area is 124 Å². The molecule has 0 aromatic heterocycles. The summed E-state index contributed by atoms with van der Waals surface area (Å²) in [6.45, 7) is 0.427. The topological polar surface area (TPSA) is 84.7 Å². The van der Waals surface area contributed by atoms with E-state index in [9.17, 15) is 9.59 Å². The van der Waals surface area contributed by atoms with Gasteiger partial charge in [0, 0.05) is 31.9 Å². The van der Waals surface area contributed by atoms with Crippen LogP contribution in [0.1, 0.15) is 23.2 Å². The lowest BCUT2D eigenvalue weighted by Gasteiger charge is -2.14. The van der Waals surface area contributed by atoms with Crippen LogP contribution in [0.2, 0.25) is 0 Å². The molecule has 2 atom stereocenters. The molecule has 1 aliphatic heterocycles. The zero-order valence-corrected chi connectivity index (χ0v) is 12.3. The molecule has 1 aromatic carbocycles. The lowest BCUT2D eigenvalue weighted by molar-refractivity contribution is -0.126. The molecule has 0 radical (unpaired) electrons. The van der Waals surface area contributed by atoms with Gasteiger partial charge in [0.2, 0.25) is 0 Å². The molecule has 1 saturated heterocycles. The number of amides is 2. The van der Waals surface area contributed by atoms with Gasteiger partial charge in [-0.25, -0.2) is 0 Å². The van der Waals surface area contributed by atoms with Crippen LogP contribution in [0.4, 0.5) is 5.69 Å². The molecule has 1 fully saturated rings. The van der Waals surface area contributed by atoms with Gasteiger partial charge >= 0.3 is 0 Å². The number of carbonyl (C=O) groups excluding carboxylic acids is 2. The van der Waals surface area contributed by atoms with Crippen LogP contribution < -0.4 is 11.1 Å². The second-order valence-corrected chi connectivity index (χ2v) is 5.33. The maximum atomic E-state index is 12.1. The number of nitrogens with zero attached hydrogens (tertiary/aromatic N) is 1. The number of hydrogen-bond acceptors (Lipinski definition) is 4. The highest BCUT2D eigenvalue weighted by Gasteiger charge is 2.29. The number of carbonyl (C=O) groups is 2. The predicted octanol–water partition coefficient (Wildman–Crippen LogP) is 0.833. The fourth-order valence-corrected chi connectivity index (χ4v) is 2.28. The molecule has 1 aromatic rings. The second-order valence-electron chi connectivity index (χ2n) is 5.33. The van der Waals surface area contributed by atoms with E-state index in [1.807, 2.05) is 0 Å².